The van der Waals surface area contributed by atoms with Gasteiger partial charge in [-0.2, -0.15) is 17.7 Å². The van der Waals surface area contributed by atoms with E-state index >= 15 is 0 Å². The number of likely N-dealkylation sites (tertiary alicyclic amines) is 1. The van der Waals surface area contributed by atoms with Crippen molar-refractivity contribution in [3.05, 3.63) is 59.2 Å². The molecule has 2 aromatic rings. The lowest BCUT2D eigenvalue weighted by molar-refractivity contribution is -0.137. The molecule has 2 heterocycles. The minimum Gasteiger partial charge on any atom is -0.481 e. The number of halogens is 1. The van der Waals surface area contributed by atoms with Crippen LogP contribution >= 0.6 is 12.6 Å². The van der Waals surface area contributed by atoms with Gasteiger partial charge in [0, 0.05) is 36.0 Å². The number of rotatable bonds is 8. The summed E-state index contributed by atoms with van der Waals surface area (Å²) in [5, 5.41) is 13.3. The number of Topliss-reactive ketones (excluding diaryl/α,β-unsaturated/α-hetero) is 1. The summed E-state index contributed by atoms with van der Waals surface area (Å²) in [5.74, 6) is -1.10. The van der Waals surface area contributed by atoms with Crippen LogP contribution in [0, 0.1) is 11.7 Å². The van der Waals surface area contributed by atoms with Crippen LogP contribution in [0.4, 0.5) is 4.39 Å². The van der Waals surface area contributed by atoms with E-state index in [4.69, 9.17) is 17.7 Å². The molecule has 0 bridgehead atoms. The minimum atomic E-state index is -0.867. The van der Waals surface area contributed by atoms with E-state index in [2.05, 4.69) is 10.00 Å². The molecule has 1 aromatic heterocycles. The van der Waals surface area contributed by atoms with Crippen molar-refractivity contribution < 1.29 is 19.1 Å². The molecule has 6 nitrogen and oxygen atoms in total. The number of hydrogen-bond donors (Lipinski definition) is 2. The van der Waals surface area contributed by atoms with Crippen molar-refractivity contribution in [2.45, 2.75) is 43.5 Å². The van der Waals surface area contributed by atoms with Crippen LogP contribution in [0.1, 0.15) is 43.0 Å². The summed E-state index contributed by atoms with van der Waals surface area (Å²) in [6.45, 7) is 1.48. The highest BCUT2D eigenvalue weighted by molar-refractivity contribution is 7.81. The van der Waals surface area contributed by atoms with Gasteiger partial charge in [-0.15, -0.1) is 0 Å². The number of carbonyl (C=O) groups excluding carboxylic acids is 1. The quantitative estimate of drug-likeness (QED) is 0.610. The number of piperidine rings is 1. The van der Waals surface area contributed by atoms with Gasteiger partial charge in [0.15, 0.2) is 5.78 Å². The molecule has 1 aromatic carbocycles. The molecule has 0 spiro atoms. The number of hydrogen-bond acceptors (Lipinski definition) is 5. The number of carboxylic acids is 1. The van der Waals surface area contributed by atoms with E-state index < -0.39 is 12.0 Å². The van der Waals surface area contributed by atoms with Crippen molar-refractivity contribution in [1.29, 1.82) is 0 Å². The Balaban J connectivity index is 1.56. The zero-order chi connectivity index (χ0) is 22.0. The second kappa shape index (κ2) is 9.36. The number of thiol groups is 1. The fraction of sp³-hybridized carbons (Fsp3) is 0.435. The highest BCUT2D eigenvalue weighted by atomic mass is 32.1. The minimum absolute atomic E-state index is 0.00819. The number of aliphatic carboxylic acids is 1. The van der Waals surface area contributed by atoms with Crippen LogP contribution in [-0.2, 0) is 16.1 Å². The monoisotopic (exact) mass is 443 g/mol. The predicted molar refractivity (Wildman–Crippen MR) is 118 cm³/mol. The van der Waals surface area contributed by atoms with Crippen molar-refractivity contribution in [1.82, 2.24) is 14.7 Å². The highest BCUT2D eigenvalue weighted by Gasteiger charge is 2.40. The molecule has 2 unspecified atom stereocenters. The molecule has 1 saturated heterocycles. The van der Waals surface area contributed by atoms with Crippen molar-refractivity contribution in [2.24, 2.45) is 5.92 Å². The lowest BCUT2D eigenvalue weighted by Crippen LogP contribution is -2.42. The Morgan fingerprint density at radius 3 is 2.74 bits per heavy atom. The van der Waals surface area contributed by atoms with Gasteiger partial charge < -0.3 is 5.11 Å². The number of benzene rings is 1. The number of aryl methyl sites for hydroxylation is 1. The normalized spacial score (nSPS) is 21.9. The van der Waals surface area contributed by atoms with E-state index in [9.17, 15) is 14.0 Å². The second-order valence-electron chi connectivity index (χ2n) is 8.24. The van der Waals surface area contributed by atoms with E-state index in [-0.39, 0.29) is 29.2 Å². The molecular formula is C23H26FN3O3S. The summed E-state index contributed by atoms with van der Waals surface area (Å²) in [6, 6.07) is 7.78. The third-order valence-electron chi connectivity index (χ3n) is 5.87. The first-order chi connectivity index (χ1) is 14.9. The van der Waals surface area contributed by atoms with E-state index in [1.54, 1.807) is 29.1 Å². The van der Waals surface area contributed by atoms with Gasteiger partial charge in [-0.1, -0.05) is 18.2 Å². The summed E-state index contributed by atoms with van der Waals surface area (Å²) in [6.07, 6.45) is 6.21. The molecule has 2 fully saturated rings. The molecule has 2 atom stereocenters. The Bertz CT molecular complexity index is 1000. The van der Waals surface area contributed by atoms with Gasteiger partial charge in [-0.05, 0) is 43.0 Å². The fourth-order valence-electron chi connectivity index (χ4n) is 4.05. The standard InChI is InChI=1S/C23H26FN3O3S/c24-19-4-2-1-3-18(19)22(23(30)15-5-6-15)26-10-8-20(31)16(14-26)13-17-7-11-27(25-17)12-9-21(28)29/h1-4,7,11,13,15,20,22,31H,5-6,8-10,12,14H2,(H,28,29)/b16-13+. The Morgan fingerprint density at radius 2 is 2.03 bits per heavy atom. The first kappa shape index (κ1) is 21.8. The molecule has 1 aliphatic heterocycles. The molecule has 0 amide bonds. The Kier molecular flexibility index (Phi) is 6.57. The van der Waals surface area contributed by atoms with Crippen LogP contribution in [0.5, 0.6) is 0 Å². The Hall–Kier alpha value is -2.45. The van der Waals surface area contributed by atoms with Crippen molar-refractivity contribution in [3.63, 3.8) is 0 Å². The van der Waals surface area contributed by atoms with Crippen LogP contribution in [0.25, 0.3) is 6.08 Å². The van der Waals surface area contributed by atoms with Gasteiger partial charge in [0.2, 0.25) is 0 Å². The number of carbonyl (C=O) groups is 2. The molecule has 2 aliphatic rings. The summed E-state index contributed by atoms with van der Waals surface area (Å²) in [7, 11) is 0. The number of carboxylic acid groups (broad SMARTS) is 1. The molecule has 31 heavy (non-hydrogen) atoms. The second-order valence-corrected chi connectivity index (χ2v) is 8.87. The maximum atomic E-state index is 14.6. The van der Waals surface area contributed by atoms with Crippen LogP contribution in [0.15, 0.2) is 42.1 Å². The molecule has 1 saturated carbocycles. The first-order valence-corrected chi connectivity index (χ1v) is 11.1. The van der Waals surface area contributed by atoms with Crippen molar-refractivity contribution in [3.8, 4) is 0 Å². The van der Waals surface area contributed by atoms with Gasteiger partial charge in [0.25, 0.3) is 0 Å². The average Bonchev–Trinajstić information content (AvgIpc) is 3.50. The highest BCUT2D eigenvalue weighted by Crippen LogP contribution is 2.39. The lowest BCUT2D eigenvalue weighted by Gasteiger charge is -2.37. The van der Waals surface area contributed by atoms with E-state index in [1.165, 1.54) is 6.07 Å². The zero-order valence-corrected chi connectivity index (χ0v) is 18.0. The van der Waals surface area contributed by atoms with Gasteiger partial charge in [0.1, 0.15) is 5.82 Å². The zero-order valence-electron chi connectivity index (χ0n) is 17.2. The summed E-state index contributed by atoms with van der Waals surface area (Å²) < 4.78 is 16.2. The Morgan fingerprint density at radius 1 is 1.26 bits per heavy atom. The van der Waals surface area contributed by atoms with Gasteiger partial charge in [-0.3, -0.25) is 19.2 Å². The van der Waals surface area contributed by atoms with Crippen LogP contribution in [0.3, 0.4) is 0 Å². The number of aromatic nitrogens is 2. The van der Waals surface area contributed by atoms with Gasteiger partial charge in [0.05, 0.1) is 24.7 Å². The smallest absolute Gasteiger partial charge is 0.305 e. The van der Waals surface area contributed by atoms with E-state index in [0.29, 0.717) is 25.2 Å². The van der Waals surface area contributed by atoms with E-state index in [1.807, 2.05) is 12.1 Å². The van der Waals surface area contributed by atoms with Crippen LogP contribution in [0.2, 0.25) is 0 Å². The van der Waals surface area contributed by atoms with Crippen molar-refractivity contribution in [2.75, 3.05) is 13.1 Å². The van der Waals surface area contributed by atoms with E-state index in [0.717, 1.165) is 30.5 Å². The predicted octanol–water partition coefficient (Wildman–Crippen LogP) is 3.60. The average molecular weight is 444 g/mol. The summed E-state index contributed by atoms with van der Waals surface area (Å²) in [4.78, 5) is 25.9. The molecule has 1 N–H and O–H groups in total. The summed E-state index contributed by atoms with van der Waals surface area (Å²) in [5.41, 5.74) is 2.18. The molecule has 4 rings (SSSR count). The molecule has 1 aliphatic carbocycles. The topological polar surface area (TPSA) is 75.4 Å². The third kappa shape index (κ3) is 5.25. The van der Waals surface area contributed by atoms with Crippen LogP contribution < -0.4 is 0 Å². The molecular weight excluding hydrogens is 417 g/mol. The van der Waals surface area contributed by atoms with Gasteiger partial charge >= 0.3 is 5.97 Å². The molecule has 8 heteroatoms. The largest absolute Gasteiger partial charge is 0.481 e. The Labute approximate surface area is 186 Å². The lowest BCUT2D eigenvalue weighted by atomic mass is 9.93. The maximum absolute atomic E-state index is 14.6. The third-order valence-corrected chi connectivity index (χ3v) is 6.46. The van der Waals surface area contributed by atoms with Crippen molar-refractivity contribution >= 4 is 30.5 Å². The molecule has 164 valence electrons. The SMILES string of the molecule is O=C(O)CCn1ccc(/C=C2\CN(C(C(=O)C3CC3)c3ccccc3F)CCC2S)n1. The number of nitrogens with zero attached hydrogens (tertiary/aromatic N) is 3. The summed E-state index contributed by atoms with van der Waals surface area (Å²) >= 11 is 4.72. The van der Waals surface area contributed by atoms with Crippen LogP contribution in [-0.4, -0.2) is 49.9 Å². The maximum Gasteiger partial charge on any atom is 0.305 e. The number of ketones is 1. The first-order valence-electron chi connectivity index (χ1n) is 10.6. The fourth-order valence-corrected chi connectivity index (χ4v) is 4.32. The van der Waals surface area contributed by atoms with Gasteiger partial charge in [-0.25, -0.2) is 4.39 Å². The molecule has 0 radical (unpaired) electrons.